The highest BCUT2D eigenvalue weighted by Crippen LogP contribution is 2.36. The minimum Gasteiger partial charge on any atom is -0.369 e. The maximum atomic E-state index is 12.8. The van der Waals surface area contributed by atoms with Crippen molar-refractivity contribution in [3.05, 3.63) is 71.8 Å². The van der Waals surface area contributed by atoms with Crippen molar-refractivity contribution in [1.29, 1.82) is 0 Å². The molecule has 2 N–H and O–H groups in total. The zero-order valence-corrected chi connectivity index (χ0v) is 15.0. The van der Waals surface area contributed by atoms with E-state index in [1.54, 1.807) is 0 Å². The smallest absolute Gasteiger partial charge is 0.232 e. The summed E-state index contributed by atoms with van der Waals surface area (Å²) in [7, 11) is 0. The first-order chi connectivity index (χ1) is 12.1. The number of carbonyl (C=O) groups is 1. The van der Waals surface area contributed by atoms with Crippen molar-refractivity contribution in [1.82, 2.24) is 4.90 Å². The molecule has 0 radical (unpaired) electrons. The van der Waals surface area contributed by atoms with Crippen LogP contribution in [0.2, 0.25) is 0 Å². The second-order valence-electron chi connectivity index (χ2n) is 7.30. The van der Waals surface area contributed by atoms with Crippen LogP contribution in [-0.4, -0.2) is 30.4 Å². The Morgan fingerprint density at radius 2 is 1.64 bits per heavy atom. The number of rotatable bonds is 6. The molecule has 132 valence electrons. The maximum Gasteiger partial charge on any atom is 0.232 e. The van der Waals surface area contributed by atoms with Gasteiger partial charge >= 0.3 is 0 Å². The van der Waals surface area contributed by atoms with Gasteiger partial charge in [-0.05, 0) is 49.4 Å². The fourth-order valence-electron chi connectivity index (χ4n) is 4.12. The Bertz CT molecular complexity index is 644. The molecule has 1 unspecified atom stereocenters. The van der Waals surface area contributed by atoms with Gasteiger partial charge in [-0.15, -0.1) is 0 Å². The van der Waals surface area contributed by atoms with Gasteiger partial charge in [0.05, 0.1) is 5.41 Å². The van der Waals surface area contributed by atoms with Gasteiger partial charge in [0.1, 0.15) is 0 Å². The van der Waals surface area contributed by atoms with Crippen LogP contribution in [0.1, 0.15) is 37.3 Å². The van der Waals surface area contributed by atoms with Crippen molar-refractivity contribution in [3.8, 4) is 0 Å². The molecule has 1 heterocycles. The Labute approximate surface area is 150 Å². The number of benzene rings is 2. The first-order valence-corrected chi connectivity index (χ1v) is 9.26. The Kier molecular flexibility index (Phi) is 5.54. The maximum absolute atomic E-state index is 12.8. The Balaban J connectivity index is 1.95. The summed E-state index contributed by atoms with van der Waals surface area (Å²) in [5, 5.41) is 0. The summed E-state index contributed by atoms with van der Waals surface area (Å²) in [5.74, 6) is 0.458. The van der Waals surface area contributed by atoms with Crippen molar-refractivity contribution >= 4 is 5.91 Å². The van der Waals surface area contributed by atoms with Gasteiger partial charge in [-0.3, -0.25) is 4.79 Å². The van der Waals surface area contributed by atoms with E-state index in [1.807, 2.05) is 60.7 Å². The molecule has 3 heteroatoms. The predicted molar refractivity (Wildman–Crippen MR) is 102 cm³/mol. The molecule has 0 aliphatic carbocycles. The van der Waals surface area contributed by atoms with E-state index in [1.165, 1.54) is 12.8 Å². The summed E-state index contributed by atoms with van der Waals surface area (Å²) in [4.78, 5) is 15.2. The molecule has 1 aliphatic rings. The second kappa shape index (κ2) is 7.83. The lowest BCUT2D eigenvalue weighted by Crippen LogP contribution is -2.46. The van der Waals surface area contributed by atoms with Gasteiger partial charge in [0.2, 0.25) is 5.91 Å². The van der Waals surface area contributed by atoms with E-state index in [0.717, 1.165) is 36.7 Å². The van der Waals surface area contributed by atoms with Gasteiger partial charge in [0.25, 0.3) is 0 Å². The third kappa shape index (κ3) is 3.77. The lowest BCUT2D eigenvalue weighted by Gasteiger charge is -2.36. The van der Waals surface area contributed by atoms with Crippen LogP contribution in [0.15, 0.2) is 60.7 Å². The van der Waals surface area contributed by atoms with Crippen molar-refractivity contribution in [2.45, 2.75) is 31.6 Å². The largest absolute Gasteiger partial charge is 0.369 e. The highest BCUT2D eigenvalue weighted by atomic mass is 16.1. The van der Waals surface area contributed by atoms with Gasteiger partial charge in [-0.1, -0.05) is 67.6 Å². The first kappa shape index (κ1) is 17.7. The molecule has 1 amide bonds. The molecule has 1 atom stereocenters. The fraction of sp³-hybridized carbons (Fsp3) is 0.409. The summed E-state index contributed by atoms with van der Waals surface area (Å²) in [5.41, 5.74) is 7.22. The van der Waals surface area contributed by atoms with Gasteiger partial charge in [-0.2, -0.15) is 0 Å². The number of nitrogens with two attached hydrogens (primary N) is 1. The third-order valence-electron chi connectivity index (χ3n) is 5.50. The van der Waals surface area contributed by atoms with Crippen molar-refractivity contribution in [3.63, 3.8) is 0 Å². The molecule has 1 fully saturated rings. The SMILES string of the molecule is CC1CCCN(CCC(C(N)=O)(c2ccccc2)c2ccccc2)C1. The monoisotopic (exact) mass is 336 g/mol. The molecule has 3 nitrogen and oxygen atoms in total. The molecular weight excluding hydrogens is 308 g/mol. The van der Waals surface area contributed by atoms with Crippen molar-refractivity contribution in [2.75, 3.05) is 19.6 Å². The number of hydrogen-bond acceptors (Lipinski definition) is 2. The number of piperidine rings is 1. The Hall–Kier alpha value is -2.13. The molecule has 3 rings (SSSR count). The predicted octanol–water partition coefficient (Wildman–Crippen LogP) is 3.58. The van der Waals surface area contributed by atoms with Gasteiger partial charge in [-0.25, -0.2) is 0 Å². The van der Waals surface area contributed by atoms with E-state index in [-0.39, 0.29) is 5.91 Å². The van der Waals surface area contributed by atoms with Crippen LogP contribution < -0.4 is 5.73 Å². The van der Waals surface area contributed by atoms with Crippen LogP contribution >= 0.6 is 0 Å². The van der Waals surface area contributed by atoms with Gasteiger partial charge < -0.3 is 10.6 Å². The molecule has 2 aromatic carbocycles. The van der Waals surface area contributed by atoms with Crippen LogP contribution in [0.3, 0.4) is 0 Å². The molecule has 1 aliphatic heterocycles. The molecule has 0 spiro atoms. The normalized spacial score (nSPS) is 18.8. The topological polar surface area (TPSA) is 46.3 Å². The van der Waals surface area contributed by atoms with Crippen LogP contribution in [0.5, 0.6) is 0 Å². The number of hydrogen-bond donors (Lipinski definition) is 1. The number of amides is 1. The minimum absolute atomic E-state index is 0.269. The van der Waals surface area contributed by atoms with Gasteiger partial charge in [0.15, 0.2) is 0 Å². The summed E-state index contributed by atoms with van der Waals surface area (Å²) < 4.78 is 0. The van der Waals surface area contributed by atoms with E-state index in [9.17, 15) is 4.79 Å². The number of nitrogens with zero attached hydrogens (tertiary/aromatic N) is 1. The standard InChI is InChI=1S/C22H28N2O/c1-18-9-8-15-24(17-18)16-14-22(21(23)25,19-10-4-2-5-11-19)20-12-6-3-7-13-20/h2-7,10-13,18H,8-9,14-17H2,1H3,(H2,23,25). The lowest BCUT2D eigenvalue weighted by atomic mass is 9.71. The third-order valence-corrected chi connectivity index (χ3v) is 5.50. The average molecular weight is 336 g/mol. The molecule has 25 heavy (non-hydrogen) atoms. The first-order valence-electron chi connectivity index (χ1n) is 9.26. The molecule has 2 aromatic rings. The Morgan fingerprint density at radius 1 is 1.08 bits per heavy atom. The minimum atomic E-state index is -0.775. The molecule has 1 saturated heterocycles. The molecule has 0 aromatic heterocycles. The van der Waals surface area contributed by atoms with Gasteiger partial charge in [0, 0.05) is 6.54 Å². The summed E-state index contributed by atoms with van der Waals surface area (Å²) in [6.45, 7) is 5.42. The highest BCUT2D eigenvalue weighted by Gasteiger charge is 2.40. The average Bonchev–Trinajstić information content (AvgIpc) is 2.64. The molecule has 0 saturated carbocycles. The number of likely N-dealkylation sites (tertiary alicyclic amines) is 1. The fourth-order valence-corrected chi connectivity index (χ4v) is 4.12. The lowest BCUT2D eigenvalue weighted by molar-refractivity contribution is -0.122. The summed E-state index contributed by atoms with van der Waals surface area (Å²) in [6.07, 6.45) is 3.25. The Morgan fingerprint density at radius 3 is 2.12 bits per heavy atom. The molecular formula is C22H28N2O. The van der Waals surface area contributed by atoms with E-state index in [2.05, 4.69) is 11.8 Å². The number of carbonyl (C=O) groups excluding carboxylic acids is 1. The number of primary amides is 1. The summed E-state index contributed by atoms with van der Waals surface area (Å²) >= 11 is 0. The van der Waals surface area contributed by atoms with E-state index >= 15 is 0 Å². The van der Waals surface area contributed by atoms with E-state index < -0.39 is 5.41 Å². The van der Waals surface area contributed by atoms with E-state index in [0.29, 0.717) is 6.42 Å². The molecule has 0 bridgehead atoms. The second-order valence-corrected chi connectivity index (χ2v) is 7.30. The van der Waals surface area contributed by atoms with Crippen molar-refractivity contribution in [2.24, 2.45) is 11.7 Å². The zero-order chi connectivity index (χ0) is 17.7. The van der Waals surface area contributed by atoms with Crippen LogP contribution in [0.4, 0.5) is 0 Å². The van der Waals surface area contributed by atoms with E-state index in [4.69, 9.17) is 5.73 Å². The zero-order valence-electron chi connectivity index (χ0n) is 15.0. The highest BCUT2D eigenvalue weighted by molar-refractivity contribution is 5.90. The van der Waals surface area contributed by atoms with Crippen LogP contribution in [0, 0.1) is 5.92 Å². The van der Waals surface area contributed by atoms with Crippen LogP contribution in [-0.2, 0) is 10.2 Å². The quantitative estimate of drug-likeness (QED) is 0.876. The summed E-state index contributed by atoms with van der Waals surface area (Å²) in [6, 6.07) is 20.0. The van der Waals surface area contributed by atoms with Crippen molar-refractivity contribution < 1.29 is 4.79 Å². The van der Waals surface area contributed by atoms with Crippen LogP contribution in [0.25, 0.3) is 0 Å².